The summed E-state index contributed by atoms with van der Waals surface area (Å²) in [5.74, 6) is -0.423. The standard InChI is InChI=1S/C16H26N2O3S/c1-4-6-7-8-9-10-11-13(19)18-16-17-12(3)14(22-16)15(20)21-5-2/h4-11H2,1-3H3,(H,17,18,19). The van der Waals surface area contributed by atoms with E-state index in [1.54, 1.807) is 13.8 Å². The van der Waals surface area contributed by atoms with Gasteiger partial charge in [-0.3, -0.25) is 4.79 Å². The van der Waals surface area contributed by atoms with E-state index >= 15 is 0 Å². The van der Waals surface area contributed by atoms with Gasteiger partial charge < -0.3 is 10.1 Å². The van der Waals surface area contributed by atoms with Crippen LogP contribution in [-0.2, 0) is 9.53 Å². The molecule has 0 radical (unpaired) electrons. The number of ether oxygens (including phenoxy) is 1. The van der Waals surface area contributed by atoms with Gasteiger partial charge in [-0.2, -0.15) is 0 Å². The van der Waals surface area contributed by atoms with Crippen molar-refractivity contribution in [2.75, 3.05) is 11.9 Å². The quantitative estimate of drug-likeness (QED) is 0.513. The number of rotatable bonds is 10. The van der Waals surface area contributed by atoms with Crippen LogP contribution in [0.4, 0.5) is 5.13 Å². The van der Waals surface area contributed by atoms with Crippen molar-refractivity contribution in [2.24, 2.45) is 0 Å². The molecule has 5 nitrogen and oxygen atoms in total. The highest BCUT2D eigenvalue weighted by Crippen LogP contribution is 2.23. The Morgan fingerprint density at radius 3 is 2.50 bits per heavy atom. The largest absolute Gasteiger partial charge is 0.462 e. The topological polar surface area (TPSA) is 68.3 Å². The Kier molecular flexibility index (Phi) is 8.74. The number of unbranched alkanes of at least 4 members (excludes halogenated alkanes) is 5. The third-order valence-corrected chi connectivity index (χ3v) is 4.31. The fourth-order valence-corrected chi connectivity index (χ4v) is 2.96. The lowest BCUT2D eigenvalue weighted by Crippen LogP contribution is -2.10. The van der Waals surface area contributed by atoms with E-state index in [0.717, 1.165) is 12.8 Å². The fraction of sp³-hybridized carbons (Fsp3) is 0.688. The van der Waals surface area contributed by atoms with E-state index in [1.807, 2.05) is 0 Å². The van der Waals surface area contributed by atoms with Gasteiger partial charge in [0.25, 0.3) is 0 Å². The zero-order valence-corrected chi connectivity index (χ0v) is 14.6. The maximum absolute atomic E-state index is 11.9. The van der Waals surface area contributed by atoms with Gasteiger partial charge in [0.15, 0.2) is 5.13 Å². The van der Waals surface area contributed by atoms with E-state index in [-0.39, 0.29) is 11.9 Å². The maximum atomic E-state index is 11.9. The van der Waals surface area contributed by atoms with Crippen LogP contribution >= 0.6 is 11.3 Å². The zero-order valence-electron chi connectivity index (χ0n) is 13.7. The summed E-state index contributed by atoms with van der Waals surface area (Å²) >= 11 is 1.17. The van der Waals surface area contributed by atoms with Crippen LogP contribution in [0.5, 0.6) is 0 Å². The van der Waals surface area contributed by atoms with Crippen molar-refractivity contribution in [1.82, 2.24) is 4.98 Å². The lowest BCUT2D eigenvalue weighted by molar-refractivity contribution is -0.116. The molecule has 0 aliphatic heterocycles. The van der Waals surface area contributed by atoms with Gasteiger partial charge in [0.05, 0.1) is 12.3 Å². The fourth-order valence-electron chi connectivity index (χ4n) is 2.08. The van der Waals surface area contributed by atoms with Crippen LogP contribution in [0.1, 0.15) is 74.2 Å². The van der Waals surface area contributed by atoms with Crippen molar-refractivity contribution >= 4 is 28.3 Å². The zero-order chi connectivity index (χ0) is 16.4. The monoisotopic (exact) mass is 326 g/mol. The molecular weight excluding hydrogens is 300 g/mol. The lowest BCUT2D eigenvalue weighted by atomic mass is 10.1. The summed E-state index contributed by atoms with van der Waals surface area (Å²) in [6, 6.07) is 0. The molecule has 1 aromatic heterocycles. The number of nitrogens with zero attached hydrogens (tertiary/aromatic N) is 1. The molecule has 0 atom stereocenters. The Balaban J connectivity index is 2.35. The number of amides is 1. The van der Waals surface area contributed by atoms with Crippen molar-refractivity contribution in [3.63, 3.8) is 0 Å². The Morgan fingerprint density at radius 2 is 1.82 bits per heavy atom. The molecule has 0 fully saturated rings. The maximum Gasteiger partial charge on any atom is 0.350 e. The SMILES string of the molecule is CCCCCCCCC(=O)Nc1nc(C)c(C(=O)OCC)s1. The second-order valence-electron chi connectivity index (χ2n) is 5.22. The molecule has 0 spiro atoms. The number of carbonyl (C=O) groups excluding carboxylic acids is 2. The third-order valence-electron chi connectivity index (χ3n) is 3.26. The lowest BCUT2D eigenvalue weighted by Gasteiger charge is -2.02. The number of thiazole rings is 1. The van der Waals surface area contributed by atoms with Gasteiger partial charge in [-0.1, -0.05) is 50.4 Å². The van der Waals surface area contributed by atoms with E-state index in [1.165, 1.54) is 37.0 Å². The van der Waals surface area contributed by atoms with E-state index in [9.17, 15) is 9.59 Å². The summed E-state index contributed by atoms with van der Waals surface area (Å²) in [4.78, 5) is 28.2. The molecule has 0 saturated heterocycles. The molecular formula is C16H26N2O3S. The predicted molar refractivity (Wildman–Crippen MR) is 89.4 cm³/mol. The summed E-state index contributed by atoms with van der Waals surface area (Å²) in [6.07, 6.45) is 7.40. The van der Waals surface area contributed by atoms with Crippen LogP contribution < -0.4 is 5.32 Å². The first kappa shape index (κ1) is 18.6. The van der Waals surface area contributed by atoms with Crippen molar-refractivity contribution in [3.05, 3.63) is 10.6 Å². The van der Waals surface area contributed by atoms with Crippen LogP contribution in [0, 0.1) is 6.92 Å². The number of nitrogens with one attached hydrogen (secondary N) is 1. The highest BCUT2D eigenvalue weighted by atomic mass is 32.1. The minimum absolute atomic E-state index is 0.0420. The summed E-state index contributed by atoms with van der Waals surface area (Å²) in [5.41, 5.74) is 0.596. The minimum Gasteiger partial charge on any atom is -0.462 e. The molecule has 0 aromatic carbocycles. The number of hydrogen-bond acceptors (Lipinski definition) is 5. The first-order chi connectivity index (χ1) is 10.6. The molecule has 0 aliphatic carbocycles. The number of anilines is 1. The van der Waals surface area contributed by atoms with Crippen molar-refractivity contribution < 1.29 is 14.3 Å². The van der Waals surface area contributed by atoms with Gasteiger partial charge in [-0.05, 0) is 20.3 Å². The van der Waals surface area contributed by atoms with Crippen LogP contribution in [0.25, 0.3) is 0 Å². The minimum atomic E-state index is -0.381. The van der Waals surface area contributed by atoms with E-state index < -0.39 is 0 Å². The van der Waals surface area contributed by atoms with Crippen molar-refractivity contribution in [1.29, 1.82) is 0 Å². The molecule has 0 aliphatic rings. The summed E-state index contributed by atoms with van der Waals surface area (Å²) in [6.45, 7) is 6.02. The number of aryl methyl sites for hydroxylation is 1. The molecule has 1 N–H and O–H groups in total. The first-order valence-electron chi connectivity index (χ1n) is 8.02. The summed E-state index contributed by atoms with van der Waals surface area (Å²) < 4.78 is 4.96. The van der Waals surface area contributed by atoms with Gasteiger partial charge in [0, 0.05) is 6.42 Å². The molecule has 1 aromatic rings. The molecule has 22 heavy (non-hydrogen) atoms. The normalized spacial score (nSPS) is 10.5. The molecule has 0 unspecified atom stereocenters. The number of carbonyl (C=O) groups is 2. The second kappa shape index (κ2) is 10.3. The molecule has 0 bridgehead atoms. The molecule has 0 saturated carbocycles. The van der Waals surface area contributed by atoms with Crippen LogP contribution in [0.2, 0.25) is 0 Å². The van der Waals surface area contributed by atoms with Crippen LogP contribution in [-0.4, -0.2) is 23.5 Å². The Hall–Kier alpha value is -1.43. The highest BCUT2D eigenvalue weighted by molar-refractivity contribution is 7.17. The molecule has 1 heterocycles. The highest BCUT2D eigenvalue weighted by Gasteiger charge is 2.17. The van der Waals surface area contributed by atoms with E-state index in [2.05, 4.69) is 17.2 Å². The van der Waals surface area contributed by atoms with Gasteiger partial charge in [-0.25, -0.2) is 9.78 Å². The average molecular weight is 326 g/mol. The van der Waals surface area contributed by atoms with E-state index in [4.69, 9.17) is 4.74 Å². The Bertz CT molecular complexity index is 486. The predicted octanol–water partition coefficient (Wildman–Crippen LogP) is 4.32. The van der Waals surface area contributed by atoms with E-state index in [0.29, 0.717) is 28.7 Å². The van der Waals surface area contributed by atoms with Crippen LogP contribution in [0.3, 0.4) is 0 Å². The summed E-state index contributed by atoms with van der Waals surface area (Å²) in [7, 11) is 0. The molecule has 1 rings (SSSR count). The Morgan fingerprint density at radius 1 is 1.14 bits per heavy atom. The number of hydrogen-bond donors (Lipinski definition) is 1. The van der Waals surface area contributed by atoms with Gasteiger partial charge >= 0.3 is 5.97 Å². The average Bonchev–Trinajstić information content (AvgIpc) is 2.83. The second-order valence-corrected chi connectivity index (χ2v) is 6.22. The third kappa shape index (κ3) is 6.56. The smallest absolute Gasteiger partial charge is 0.350 e. The molecule has 6 heteroatoms. The molecule has 1 amide bonds. The van der Waals surface area contributed by atoms with Gasteiger partial charge in [-0.15, -0.1) is 0 Å². The van der Waals surface area contributed by atoms with Crippen LogP contribution in [0.15, 0.2) is 0 Å². The first-order valence-corrected chi connectivity index (χ1v) is 8.84. The number of aromatic nitrogens is 1. The molecule has 124 valence electrons. The van der Waals surface area contributed by atoms with Gasteiger partial charge in [0.1, 0.15) is 4.88 Å². The van der Waals surface area contributed by atoms with Gasteiger partial charge in [0.2, 0.25) is 5.91 Å². The van der Waals surface area contributed by atoms with Crippen molar-refractivity contribution in [3.8, 4) is 0 Å². The number of esters is 1. The van der Waals surface area contributed by atoms with Crippen molar-refractivity contribution in [2.45, 2.75) is 65.7 Å². The summed E-state index contributed by atoms with van der Waals surface area (Å²) in [5, 5.41) is 3.23. The Labute approximate surface area is 136 Å².